The van der Waals surface area contributed by atoms with Gasteiger partial charge in [0.25, 0.3) is 0 Å². The lowest BCUT2D eigenvalue weighted by atomic mass is 10.2. The lowest BCUT2D eigenvalue weighted by Crippen LogP contribution is -1.99. The van der Waals surface area contributed by atoms with Gasteiger partial charge >= 0.3 is 0 Å². The first kappa shape index (κ1) is 12.4. The van der Waals surface area contributed by atoms with Crippen LogP contribution in [0.15, 0.2) is 42.5 Å². The highest BCUT2D eigenvalue weighted by atomic mass is 19.1. The lowest BCUT2D eigenvalue weighted by molar-refractivity contribution is 0.285. The van der Waals surface area contributed by atoms with Crippen molar-refractivity contribution in [2.24, 2.45) is 0 Å². The van der Waals surface area contributed by atoms with Crippen molar-refractivity contribution in [2.75, 3.05) is 7.11 Å². The van der Waals surface area contributed by atoms with Crippen molar-refractivity contribution in [3.8, 4) is 11.5 Å². The Labute approximate surface area is 104 Å². The standard InChI is InChI=1S/C14H12F2O2/c1-17-13-8-14(12(16)7-11(13)15)18-9-10-5-3-2-4-6-10/h2-8H,9H2,1H3. The van der Waals surface area contributed by atoms with Crippen LogP contribution in [0.4, 0.5) is 8.78 Å². The molecule has 0 aliphatic heterocycles. The van der Waals surface area contributed by atoms with Crippen LogP contribution in [0.1, 0.15) is 5.56 Å². The summed E-state index contributed by atoms with van der Waals surface area (Å²) in [6.45, 7) is 0.215. The molecule has 2 aromatic rings. The predicted octanol–water partition coefficient (Wildman–Crippen LogP) is 3.55. The molecule has 0 heterocycles. The molecule has 2 nitrogen and oxygen atoms in total. The average molecular weight is 250 g/mol. The van der Waals surface area contributed by atoms with Crippen molar-refractivity contribution in [3.63, 3.8) is 0 Å². The van der Waals surface area contributed by atoms with Crippen molar-refractivity contribution >= 4 is 0 Å². The molecule has 0 saturated heterocycles. The minimum atomic E-state index is -0.748. The molecule has 94 valence electrons. The maximum Gasteiger partial charge on any atom is 0.168 e. The second-order valence-electron chi connectivity index (χ2n) is 3.69. The SMILES string of the molecule is COc1cc(OCc2ccccc2)c(F)cc1F. The Bertz CT molecular complexity index is 527. The molecule has 0 atom stereocenters. The van der Waals surface area contributed by atoms with Crippen LogP contribution in [0.25, 0.3) is 0 Å². The summed E-state index contributed by atoms with van der Waals surface area (Å²) in [6, 6.07) is 11.3. The smallest absolute Gasteiger partial charge is 0.168 e. The quantitative estimate of drug-likeness (QED) is 0.826. The number of hydrogen-bond acceptors (Lipinski definition) is 2. The van der Waals surface area contributed by atoms with Gasteiger partial charge in [-0.2, -0.15) is 0 Å². The maximum atomic E-state index is 13.4. The summed E-state index contributed by atoms with van der Waals surface area (Å²) >= 11 is 0. The fraction of sp³-hybridized carbons (Fsp3) is 0.143. The first-order chi connectivity index (χ1) is 8.70. The number of ether oxygens (including phenoxy) is 2. The van der Waals surface area contributed by atoms with Crippen LogP contribution in [0.2, 0.25) is 0 Å². The molecule has 0 spiro atoms. The van der Waals surface area contributed by atoms with E-state index in [4.69, 9.17) is 9.47 Å². The third-order valence-corrected chi connectivity index (χ3v) is 2.44. The van der Waals surface area contributed by atoms with Gasteiger partial charge in [0.1, 0.15) is 6.61 Å². The zero-order valence-corrected chi connectivity index (χ0v) is 9.82. The van der Waals surface area contributed by atoms with E-state index in [0.29, 0.717) is 0 Å². The Morgan fingerprint density at radius 2 is 1.61 bits per heavy atom. The second-order valence-corrected chi connectivity index (χ2v) is 3.69. The summed E-state index contributed by atoms with van der Waals surface area (Å²) in [4.78, 5) is 0. The zero-order chi connectivity index (χ0) is 13.0. The highest BCUT2D eigenvalue weighted by molar-refractivity contribution is 5.36. The van der Waals surface area contributed by atoms with Crippen LogP contribution < -0.4 is 9.47 Å². The van der Waals surface area contributed by atoms with Gasteiger partial charge in [0.05, 0.1) is 7.11 Å². The molecule has 0 amide bonds. The molecule has 2 rings (SSSR count). The Morgan fingerprint density at radius 3 is 2.28 bits per heavy atom. The molecule has 18 heavy (non-hydrogen) atoms. The van der Waals surface area contributed by atoms with E-state index in [-0.39, 0.29) is 18.1 Å². The molecule has 0 radical (unpaired) electrons. The molecule has 0 aliphatic carbocycles. The first-order valence-corrected chi connectivity index (χ1v) is 5.40. The molecule has 4 heteroatoms. The lowest BCUT2D eigenvalue weighted by Gasteiger charge is -2.09. The molecule has 0 aliphatic rings. The summed E-state index contributed by atoms with van der Waals surface area (Å²) in [5.74, 6) is -1.57. The van der Waals surface area contributed by atoms with E-state index < -0.39 is 11.6 Å². The molecule has 0 N–H and O–H groups in total. The fourth-order valence-electron chi connectivity index (χ4n) is 1.51. The first-order valence-electron chi connectivity index (χ1n) is 5.40. The molecule has 0 unspecified atom stereocenters. The average Bonchev–Trinajstić information content (AvgIpc) is 2.39. The van der Waals surface area contributed by atoms with Gasteiger partial charge in [-0.1, -0.05) is 30.3 Å². The highest BCUT2D eigenvalue weighted by Gasteiger charge is 2.11. The van der Waals surface area contributed by atoms with Crippen LogP contribution in [-0.4, -0.2) is 7.11 Å². The highest BCUT2D eigenvalue weighted by Crippen LogP contribution is 2.27. The van der Waals surface area contributed by atoms with E-state index in [2.05, 4.69) is 0 Å². The van der Waals surface area contributed by atoms with Gasteiger partial charge < -0.3 is 9.47 Å². The maximum absolute atomic E-state index is 13.4. The summed E-state index contributed by atoms with van der Waals surface area (Å²) < 4.78 is 36.7. The van der Waals surface area contributed by atoms with Crippen LogP contribution in [0, 0.1) is 11.6 Å². The summed E-state index contributed by atoms with van der Waals surface area (Å²) in [5, 5.41) is 0. The summed E-state index contributed by atoms with van der Waals surface area (Å²) in [5.41, 5.74) is 0.903. The number of hydrogen-bond donors (Lipinski definition) is 0. The van der Waals surface area contributed by atoms with Crippen LogP contribution in [0.3, 0.4) is 0 Å². The molecular formula is C14H12F2O2. The van der Waals surface area contributed by atoms with Crippen LogP contribution in [-0.2, 0) is 6.61 Å². The van der Waals surface area contributed by atoms with Gasteiger partial charge in [0.15, 0.2) is 23.1 Å². The topological polar surface area (TPSA) is 18.5 Å². The Balaban J connectivity index is 2.14. The largest absolute Gasteiger partial charge is 0.494 e. The van der Waals surface area contributed by atoms with E-state index in [1.807, 2.05) is 30.3 Å². The van der Waals surface area contributed by atoms with Crippen molar-refractivity contribution in [3.05, 3.63) is 59.7 Å². The normalized spacial score (nSPS) is 10.2. The molecule has 0 bridgehead atoms. The van der Waals surface area contributed by atoms with Crippen molar-refractivity contribution in [1.29, 1.82) is 0 Å². The van der Waals surface area contributed by atoms with Gasteiger partial charge in [-0.05, 0) is 5.56 Å². The van der Waals surface area contributed by atoms with E-state index in [9.17, 15) is 8.78 Å². The van der Waals surface area contributed by atoms with Crippen molar-refractivity contribution in [2.45, 2.75) is 6.61 Å². The van der Waals surface area contributed by atoms with E-state index >= 15 is 0 Å². The van der Waals surface area contributed by atoms with E-state index in [1.165, 1.54) is 13.2 Å². The van der Waals surface area contributed by atoms with Gasteiger partial charge in [-0.25, -0.2) is 8.78 Å². The number of rotatable bonds is 4. The number of benzene rings is 2. The van der Waals surface area contributed by atoms with Crippen LogP contribution >= 0.6 is 0 Å². The molecule has 0 saturated carbocycles. The Morgan fingerprint density at radius 1 is 0.944 bits per heavy atom. The molecule has 0 fully saturated rings. The Kier molecular flexibility index (Phi) is 3.77. The van der Waals surface area contributed by atoms with Crippen molar-refractivity contribution in [1.82, 2.24) is 0 Å². The van der Waals surface area contributed by atoms with Gasteiger partial charge in [0.2, 0.25) is 0 Å². The third kappa shape index (κ3) is 2.77. The summed E-state index contributed by atoms with van der Waals surface area (Å²) in [7, 11) is 1.32. The summed E-state index contributed by atoms with van der Waals surface area (Å²) in [6.07, 6.45) is 0. The van der Waals surface area contributed by atoms with Crippen LogP contribution in [0.5, 0.6) is 11.5 Å². The van der Waals surface area contributed by atoms with E-state index in [1.54, 1.807) is 0 Å². The van der Waals surface area contributed by atoms with Gasteiger partial charge in [-0.15, -0.1) is 0 Å². The van der Waals surface area contributed by atoms with E-state index in [0.717, 1.165) is 11.6 Å². The Hall–Kier alpha value is -2.10. The fourth-order valence-corrected chi connectivity index (χ4v) is 1.51. The van der Waals surface area contributed by atoms with Crippen molar-refractivity contribution < 1.29 is 18.3 Å². The number of halogens is 2. The zero-order valence-electron chi connectivity index (χ0n) is 9.82. The minimum absolute atomic E-state index is 0.0305. The van der Waals surface area contributed by atoms with Gasteiger partial charge in [0, 0.05) is 12.1 Å². The second kappa shape index (κ2) is 5.49. The molecule has 2 aromatic carbocycles. The third-order valence-electron chi connectivity index (χ3n) is 2.44. The predicted molar refractivity (Wildman–Crippen MR) is 63.7 cm³/mol. The monoisotopic (exact) mass is 250 g/mol. The molecular weight excluding hydrogens is 238 g/mol. The molecule has 0 aromatic heterocycles. The van der Waals surface area contributed by atoms with Gasteiger partial charge in [-0.3, -0.25) is 0 Å². The minimum Gasteiger partial charge on any atom is -0.494 e. The number of methoxy groups -OCH3 is 1.